The maximum absolute atomic E-state index is 12.4. The molecule has 1 aliphatic rings. The fourth-order valence-corrected chi connectivity index (χ4v) is 2.01. The van der Waals surface area contributed by atoms with Crippen LogP contribution in [0, 0.1) is 5.92 Å². The molecule has 4 nitrogen and oxygen atoms in total. The maximum Gasteiger partial charge on any atom is 0.254 e. The highest BCUT2D eigenvalue weighted by Gasteiger charge is 2.26. The summed E-state index contributed by atoms with van der Waals surface area (Å²) in [6.45, 7) is 3.59. The highest BCUT2D eigenvalue weighted by Crippen LogP contribution is 2.30. The van der Waals surface area contributed by atoms with Gasteiger partial charge < -0.3 is 15.4 Å². The van der Waals surface area contributed by atoms with Crippen molar-refractivity contribution >= 4 is 11.6 Å². The third kappa shape index (κ3) is 2.94. The molecule has 1 saturated carbocycles. The van der Waals surface area contributed by atoms with Gasteiger partial charge in [0, 0.05) is 30.4 Å². The molecule has 1 aromatic rings. The maximum atomic E-state index is 12.4. The molecule has 2 N–H and O–H groups in total. The van der Waals surface area contributed by atoms with Gasteiger partial charge in [0.15, 0.2) is 0 Å². The van der Waals surface area contributed by atoms with Crippen LogP contribution in [0.4, 0.5) is 5.69 Å². The summed E-state index contributed by atoms with van der Waals surface area (Å²) in [5.74, 6) is 1.35. The molecular weight excluding hydrogens is 228 g/mol. The predicted octanol–water partition coefficient (Wildman–Crippen LogP) is 2.15. The SMILES string of the molecule is CCN(CC1CC1)C(=O)c1cc(N)cc(OC)c1. The summed E-state index contributed by atoms with van der Waals surface area (Å²) in [4.78, 5) is 14.3. The summed E-state index contributed by atoms with van der Waals surface area (Å²) in [5.41, 5.74) is 6.94. The zero-order valence-electron chi connectivity index (χ0n) is 11.0. The van der Waals surface area contributed by atoms with Crippen LogP contribution in [0.15, 0.2) is 18.2 Å². The minimum Gasteiger partial charge on any atom is -0.497 e. The molecule has 0 bridgehead atoms. The molecular formula is C14H20N2O2. The van der Waals surface area contributed by atoms with E-state index in [1.807, 2.05) is 11.8 Å². The molecule has 1 aliphatic carbocycles. The Morgan fingerprint density at radius 1 is 1.44 bits per heavy atom. The van der Waals surface area contributed by atoms with Gasteiger partial charge >= 0.3 is 0 Å². The monoisotopic (exact) mass is 248 g/mol. The van der Waals surface area contributed by atoms with Gasteiger partial charge in [-0.1, -0.05) is 0 Å². The van der Waals surface area contributed by atoms with Gasteiger partial charge in [0.1, 0.15) is 5.75 Å². The van der Waals surface area contributed by atoms with Crippen molar-refractivity contribution in [2.24, 2.45) is 5.92 Å². The van der Waals surface area contributed by atoms with Crippen molar-refractivity contribution in [3.8, 4) is 5.75 Å². The Morgan fingerprint density at radius 3 is 2.72 bits per heavy atom. The fourth-order valence-electron chi connectivity index (χ4n) is 2.01. The second kappa shape index (κ2) is 5.29. The van der Waals surface area contributed by atoms with Gasteiger partial charge in [-0.25, -0.2) is 0 Å². The minimum atomic E-state index is 0.0370. The summed E-state index contributed by atoms with van der Waals surface area (Å²) in [6.07, 6.45) is 2.48. The highest BCUT2D eigenvalue weighted by atomic mass is 16.5. The molecule has 0 heterocycles. The molecule has 1 aromatic carbocycles. The standard InChI is InChI=1S/C14H20N2O2/c1-3-16(9-10-4-5-10)14(17)11-6-12(15)8-13(7-11)18-2/h6-8,10H,3-5,9,15H2,1-2H3. The lowest BCUT2D eigenvalue weighted by molar-refractivity contribution is 0.0756. The molecule has 0 radical (unpaired) electrons. The molecule has 98 valence electrons. The second-order valence-corrected chi connectivity index (χ2v) is 4.78. The van der Waals surface area contributed by atoms with E-state index in [0.29, 0.717) is 22.9 Å². The normalized spacial score (nSPS) is 14.3. The van der Waals surface area contributed by atoms with Crippen LogP contribution >= 0.6 is 0 Å². The van der Waals surface area contributed by atoms with Crippen molar-refractivity contribution in [3.63, 3.8) is 0 Å². The third-order valence-electron chi connectivity index (χ3n) is 3.26. The van der Waals surface area contributed by atoms with E-state index in [-0.39, 0.29) is 5.91 Å². The number of methoxy groups -OCH3 is 1. The van der Waals surface area contributed by atoms with E-state index in [1.54, 1.807) is 25.3 Å². The number of rotatable bonds is 5. The van der Waals surface area contributed by atoms with Crippen LogP contribution in [-0.4, -0.2) is 31.0 Å². The van der Waals surface area contributed by atoms with Gasteiger partial charge in [0.05, 0.1) is 7.11 Å². The molecule has 4 heteroatoms. The molecule has 2 rings (SSSR count). The van der Waals surface area contributed by atoms with E-state index in [2.05, 4.69) is 0 Å². The Kier molecular flexibility index (Phi) is 3.75. The zero-order valence-corrected chi connectivity index (χ0v) is 11.0. The first-order chi connectivity index (χ1) is 8.63. The summed E-state index contributed by atoms with van der Waals surface area (Å²) in [7, 11) is 1.57. The van der Waals surface area contributed by atoms with Crippen LogP contribution in [0.5, 0.6) is 5.75 Å². The average Bonchev–Trinajstić information content (AvgIpc) is 3.18. The van der Waals surface area contributed by atoms with E-state index in [1.165, 1.54) is 12.8 Å². The number of carbonyl (C=O) groups excluding carboxylic acids is 1. The first-order valence-electron chi connectivity index (χ1n) is 6.38. The molecule has 18 heavy (non-hydrogen) atoms. The lowest BCUT2D eigenvalue weighted by Crippen LogP contribution is -2.32. The number of hydrogen-bond acceptors (Lipinski definition) is 3. The van der Waals surface area contributed by atoms with Crippen LogP contribution in [0.3, 0.4) is 0 Å². The first kappa shape index (κ1) is 12.7. The van der Waals surface area contributed by atoms with Crippen molar-refractivity contribution in [2.75, 3.05) is 25.9 Å². The van der Waals surface area contributed by atoms with Crippen LogP contribution in [0.2, 0.25) is 0 Å². The molecule has 0 atom stereocenters. The Balaban J connectivity index is 2.17. The molecule has 0 aromatic heterocycles. The molecule has 1 fully saturated rings. The van der Waals surface area contributed by atoms with Crippen LogP contribution in [0.1, 0.15) is 30.1 Å². The molecule has 0 spiro atoms. The van der Waals surface area contributed by atoms with Crippen molar-refractivity contribution in [1.82, 2.24) is 4.90 Å². The molecule has 0 unspecified atom stereocenters. The van der Waals surface area contributed by atoms with Gasteiger partial charge in [-0.3, -0.25) is 4.79 Å². The van der Waals surface area contributed by atoms with Crippen molar-refractivity contribution in [2.45, 2.75) is 19.8 Å². The van der Waals surface area contributed by atoms with E-state index >= 15 is 0 Å². The number of ether oxygens (including phenoxy) is 1. The van der Waals surface area contributed by atoms with E-state index in [4.69, 9.17) is 10.5 Å². The topological polar surface area (TPSA) is 55.6 Å². The van der Waals surface area contributed by atoms with Crippen LogP contribution in [-0.2, 0) is 0 Å². The van der Waals surface area contributed by atoms with Crippen molar-refractivity contribution in [3.05, 3.63) is 23.8 Å². The summed E-state index contributed by atoms with van der Waals surface area (Å²) in [5, 5.41) is 0. The Labute approximate surface area is 108 Å². The Bertz CT molecular complexity index is 441. The average molecular weight is 248 g/mol. The number of nitrogen functional groups attached to an aromatic ring is 1. The zero-order chi connectivity index (χ0) is 13.1. The predicted molar refractivity (Wildman–Crippen MR) is 71.7 cm³/mol. The van der Waals surface area contributed by atoms with Gasteiger partial charge in [-0.15, -0.1) is 0 Å². The van der Waals surface area contributed by atoms with Gasteiger partial charge in [0.25, 0.3) is 5.91 Å². The fraction of sp³-hybridized carbons (Fsp3) is 0.500. The van der Waals surface area contributed by atoms with E-state index < -0.39 is 0 Å². The lowest BCUT2D eigenvalue weighted by Gasteiger charge is -2.21. The van der Waals surface area contributed by atoms with Crippen LogP contribution < -0.4 is 10.5 Å². The van der Waals surface area contributed by atoms with Crippen molar-refractivity contribution < 1.29 is 9.53 Å². The lowest BCUT2D eigenvalue weighted by atomic mass is 10.1. The number of benzene rings is 1. The van der Waals surface area contributed by atoms with E-state index in [0.717, 1.165) is 13.1 Å². The second-order valence-electron chi connectivity index (χ2n) is 4.78. The molecule has 0 saturated heterocycles. The molecule has 0 aliphatic heterocycles. The quantitative estimate of drug-likeness (QED) is 0.812. The number of nitrogens with two attached hydrogens (primary N) is 1. The number of amides is 1. The number of nitrogens with zero attached hydrogens (tertiary/aromatic N) is 1. The van der Waals surface area contributed by atoms with Gasteiger partial charge in [0.2, 0.25) is 0 Å². The third-order valence-corrected chi connectivity index (χ3v) is 3.26. The summed E-state index contributed by atoms with van der Waals surface area (Å²) >= 11 is 0. The number of hydrogen-bond donors (Lipinski definition) is 1. The highest BCUT2D eigenvalue weighted by molar-refractivity contribution is 5.95. The number of anilines is 1. The van der Waals surface area contributed by atoms with Crippen LogP contribution in [0.25, 0.3) is 0 Å². The van der Waals surface area contributed by atoms with Gasteiger partial charge in [-0.2, -0.15) is 0 Å². The summed E-state index contributed by atoms with van der Waals surface area (Å²) in [6, 6.07) is 5.17. The largest absolute Gasteiger partial charge is 0.497 e. The van der Waals surface area contributed by atoms with Crippen molar-refractivity contribution in [1.29, 1.82) is 0 Å². The molecule has 1 amide bonds. The Morgan fingerprint density at radius 2 is 2.17 bits per heavy atom. The number of carbonyl (C=O) groups is 1. The first-order valence-corrected chi connectivity index (χ1v) is 6.38. The van der Waals surface area contributed by atoms with E-state index in [9.17, 15) is 4.79 Å². The smallest absolute Gasteiger partial charge is 0.254 e. The Hall–Kier alpha value is -1.71. The summed E-state index contributed by atoms with van der Waals surface area (Å²) < 4.78 is 5.14. The van der Waals surface area contributed by atoms with Gasteiger partial charge in [-0.05, 0) is 37.8 Å². The minimum absolute atomic E-state index is 0.0370.